The van der Waals surface area contributed by atoms with Gasteiger partial charge in [-0.25, -0.2) is 4.98 Å². The first-order chi connectivity index (χ1) is 18.1. The van der Waals surface area contributed by atoms with Crippen LogP contribution in [0.15, 0.2) is 48.4 Å². The number of carbonyl (C=O) groups is 1. The fourth-order valence-electron chi connectivity index (χ4n) is 5.74. The van der Waals surface area contributed by atoms with Crippen LogP contribution in [0, 0.1) is 5.92 Å². The van der Waals surface area contributed by atoms with Crippen molar-refractivity contribution in [3.8, 4) is 5.88 Å². The van der Waals surface area contributed by atoms with Crippen molar-refractivity contribution in [2.24, 2.45) is 5.92 Å². The van der Waals surface area contributed by atoms with E-state index in [1.165, 1.54) is 51.4 Å². The lowest BCUT2D eigenvalue weighted by Gasteiger charge is -2.35. The summed E-state index contributed by atoms with van der Waals surface area (Å²) in [6.45, 7) is 5.87. The zero-order valence-electron chi connectivity index (χ0n) is 21.8. The molecule has 0 bridgehead atoms. The summed E-state index contributed by atoms with van der Waals surface area (Å²) in [5, 5.41) is 3.07. The van der Waals surface area contributed by atoms with Gasteiger partial charge in [0.05, 0.1) is 0 Å². The minimum Gasteiger partial charge on any atom is -0.434 e. The van der Waals surface area contributed by atoms with E-state index in [2.05, 4.69) is 27.0 Å². The Labute approximate surface area is 226 Å². The number of carbonyl (C=O) groups excluding carboxylic acids is 1. The number of nitrogens with zero attached hydrogens (tertiary/aromatic N) is 3. The molecule has 0 spiro atoms. The summed E-state index contributed by atoms with van der Waals surface area (Å²) in [5.41, 5.74) is 2.54. The normalized spacial score (nSPS) is 22.0. The third-order valence-corrected chi connectivity index (χ3v) is 8.39. The summed E-state index contributed by atoms with van der Waals surface area (Å²) in [5.74, 6) is 1.82. The van der Waals surface area contributed by atoms with Crippen molar-refractivity contribution in [2.45, 2.75) is 64.3 Å². The van der Waals surface area contributed by atoms with Crippen molar-refractivity contribution in [2.75, 3.05) is 31.1 Å². The van der Waals surface area contributed by atoms with E-state index in [0.717, 1.165) is 30.9 Å². The molecule has 2 aliphatic heterocycles. The number of anilines is 1. The van der Waals surface area contributed by atoms with E-state index >= 15 is 0 Å². The highest BCUT2D eigenvalue weighted by Crippen LogP contribution is 2.36. The van der Waals surface area contributed by atoms with Crippen LogP contribution in [0.4, 0.5) is 5.69 Å². The van der Waals surface area contributed by atoms with Gasteiger partial charge in [-0.1, -0.05) is 50.0 Å². The van der Waals surface area contributed by atoms with Crippen molar-refractivity contribution < 1.29 is 9.53 Å². The van der Waals surface area contributed by atoms with Gasteiger partial charge in [0.25, 0.3) is 5.91 Å². The van der Waals surface area contributed by atoms with Crippen molar-refractivity contribution in [3.63, 3.8) is 0 Å². The van der Waals surface area contributed by atoms with Crippen molar-refractivity contribution in [1.82, 2.24) is 15.2 Å². The predicted octanol–water partition coefficient (Wildman–Crippen LogP) is 5.83. The molecule has 1 atom stereocenters. The number of thiocarbonyl (C=S) groups is 1. The number of likely N-dealkylation sites (tertiary alicyclic amines) is 1. The number of hydrogen-bond donors (Lipinski definition) is 1. The largest absolute Gasteiger partial charge is 0.434 e. The summed E-state index contributed by atoms with van der Waals surface area (Å²) < 4.78 is 6.15. The Kier molecular flexibility index (Phi) is 8.52. The van der Waals surface area contributed by atoms with Crippen molar-refractivity contribution in [1.29, 1.82) is 0 Å². The number of piperidine rings is 1. The number of fused-ring (bicyclic) bond motifs is 1. The fraction of sp³-hybridized carbons (Fsp3) is 0.500. The van der Waals surface area contributed by atoms with Gasteiger partial charge in [0, 0.05) is 37.4 Å². The third-order valence-electron chi connectivity index (χ3n) is 7.97. The molecule has 1 unspecified atom stereocenters. The molecular formula is C30H38N4O2S. The van der Waals surface area contributed by atoms with E-state index in [0.29, 0.717) is 40.7 Å². The van der Waals surface area contributed by atoms with E-state index in [-0.39, 0.29) is 5.91 Å². The Morgan fingerprint density at radius 2 is 1.89 bits per heavy atom. The molecule has 1 aliphatic carbocycles. The smallest absolute Gasteiger partial charge is 0.251 e. The molecule has 5 rings (SSSR count). The molecule has 7 heteroatoms. The first kappa shape index (κ1) is 25.9. The second kappa shape index (κ2) is 12.2. The van der Waals surface area contributed by atoms with Crippen LogP contribution in [0.5, 0.6) is 5.88 Å². The molecule has 1 aromatic carbocycles. The highest BCUT2D eigenvalue weighted by atomic mass is 32.1. The summed E-state index contributed by atoms with van der Waals surface area (Å²) in [6, 6.07) is 12.2. The molecule has 3 heterocycles. The van der Waals surface area contributed by atoms with Gasteiger partial charge in [0.2, 0.25) is 5.88 Å². The van der Waals surface area contributed by atoms with Crippen LogP contribution in [-0.4, -0.2) is 53.0 Å². The monoisotopic (exact) mass is 518 g/mol. The van der Waals surface area contributed by atoms with Crippen molar-refractivity contribution >= 4 is 34.9 Å². The molecule has 1 N–H and O–H groups in total. The zero-order valence-corrected chi connectivity index (χ0v) is 22.6. The number of amides is 1. The molecule has 1 saturated heterocycles. The zero-order chi connectivity index (χ0) is 25.6. The first-order valence-corrected chi connectivity index (χ1v) is 14.3. The van der Waals surface area contributed by atoms with Crippen LogP contribution in [0.2, 0.25) is 0 Å². The second-order valence-electron chi connectivity index (χ2n) is 10.6. The van der Waals surface area contributed by atoms with Gasteiger partial charge in [0.15, 0.2) is 5.76 Å². The summed E-state index contributed by atoms with van der Waals surface area (Å²) in [7, 11) is 0. The SMILES string of the molecule is CC1CCCCN1CCNC(=O)c1ccc(C=C2Oc3ncccc3N(CC3CCCCC3)C2=S)cc1. The molecule has 0 radical (unpaired) electrons. The van der Waals surface area contributed by atoms with Crippen LogP contribution in [0.1, 0.15) is 74.2 Å². The Balaban J connectivity index is 1.24. The maximum Gasteiger partial charge on any atom is 0.251 e. The summed E-state index contributed by atoms with van der Waals surface area (Å²) in [4.78, 5) is 22.5. The minimum atomic E-state index is -0.0370. The number of ether oxygens (including phenoxy) is 1. The molecular weight excluding hydrogens is 480 g/mol. The average molecular weight is 519 g/mol. The molecule has 37 heavy (non-hydrogen) atoms. The molecule has 6 nitrogen and oxygen atoms in total. The standard InChI is InChI=1S/C30H38N4O2S/c1-22-8-5-6-18-33(22)19-17-31-28(35)25-14-12-23(13-15-25)20-27-30(37)34(21-24-9-3-2-4-10-24)26-11-7-16-32-29(26)36-27/h7,11-16,20,22,24H,2-6,8-10,17-19,21H2,1H3,(H,31,35). The predicted molar refractivity (Wildman–Crippen MR) is 153 cm³/mol. The second-order valence-corrected chi connectivity index (χ2v) is 11.0. The van der Waals surface area contributed by atoms with Gasteiger partial charge in [-0.05, 0) is 81.0 Å². The Hall–Kier alpha value is -2.77. The highest BCUT2D eigenvalue weighted by molar-refractivity contribution is 7.81. The average Bonchev–Trinajstić information content (AvgIpc) is 2.93. The maximum absolute atomic E-state index is 12.7. The van der Waals surface area contributed by atoms with Crippen LogP contribution >= 0.6 is 12.2 Å². The molecule has 2 fully saturated rings. The molecule has 1 saturated carbocycles. The topological polar surface area (TPSA) is 57.7 Å². The van der Waals surface area contributed by atoms with Gasteiger partial charge >= 0.3 is 0 Å². The first-order valence-electron chi connectivity index (χ1n) is 13.9. The van der Waals surface area contributed by atoms with Crippen LogP contribution in [0.25, 0.3) is 6.08 Å². The number of rotatable bonds is 7. The summed E-state index contributed by atoms with van der Waals surface area (Å²) >= 11 is 5.91. The van der Waals surface area contributed by atoms with E-state index in [4.69, 9.17) is 17.0 Å². The van der Waals surface area contributed by atoms with E-state index < -0.39 is 0 Å². The molecule has 3 aliphatic rings. The van der Waals surface area contributed by atoms with Gasteiger partial charge in [0.1, 0.15) is 10.7 Å². The number of nitrogens with one attached hydrogen (secondary N) is 1. The Bertz CT molecular complexity index is 1130. The van der Waals surface area contributed by atoms with Gasteiger partial charge in [-0.15, -0.1) is 0 Å². The van der Waals surface area contributed by atoms with Crippen molar-refractivity contribution in [3.05, 3.63) is 59.5 Å². The van der Waals surface area contributed by atoms with Crippen LogP contribution < -0.4 is 15.0 Å². The van der Waals surface area contributed by atoms with Gasteiger partial charge in [-0.2, -0.15) is 0 Å². The van der Waals surface area contributed by atoms with Gasteiger partial charge in [-0.3, -0.25) is 9.69 Å². The third kappa shape index (κ3) is 6.39. The minimum absolute atomic E-state index is 0.0370. The quantitative estimate of drug-likeness (QED) is 0.367. The Morgan fingerprint density at radius 3 is 2.68 bits per heavy atom. The molecule has 196 valence electrons. The number of benzene rings is 1. The fourth-order valence-corrected chi connectivity index (χ4v) is 6.02. The lowest BCUT2D eigenvalue weighted by molar-refractivity contribution is 0.0938. The van der Waals surface area contributed by atoms with Crippen LogP contribution in [-0.2, 0) is 0 Å². The molecule has 1 amide bonds. The van der Waals surface area contributed by atoms with Gasteiger partial charge < -0.3 is 15.0 Å². The van der Waals surface area contributed by atoms with E-state index in [9.17, 15) is 4.79 Å². The van der Waals surface area contributed by atoms with E-state index in [1.807, 2.05) is 42.5 Å². The molecule has 2 aromatic rings. The van der Waals surface area contributed by atoms with E-state index in [1.54, 1.807) is 6.20 Å². The Morgan fingerprint density at radius 1 is 1.11 bits per heavy atom. The molecule has 1 aromatic heterocycles. The number of hydrogen-bond acceptors (Lipinski definition) is 5. The highest BCUT2D eigenvalue weighted by Gasteiger charge is 2.30. The maximum atomic E-state index is 12.7. The lowest BCUT2D eigenvalue weighted by atomic mass is 9.88. The lowest BCUT2D eigenvalue weighted by Crippen LogP contribution is -2.42. The number of aromatic nitrogens is 1. The number of pyridine rings is 1. The summed E-state index contributed by atoms with van der Waals surface area (Å²) in [6.07, 6.45) is 13.9. The van der Waals surface area contributed by atoms with Crippen LogP contribution in [0.3, 0.4) is 0 Å².